The van der Waals surface area contributed by atoms with Crippen LogP contribution in [0.25, 0.3) is 0 Å². The molecule has 0 saturated carbocycles. The normalized spacial score (nSPS) is 14.7. The van der Waals surface area contributed by atoms with Gasteiger partial charge >= 0.3 is 0 Å². The van der Waals surface area contributed by atoms with Crippen LogP contribution in [0.5, 0.6) is 0 Å². The van der Waals surface area contributed by atoms with Crippen LogP contribution >= 0.6 is 0 Å². The number of hydrogen-bond donors (Lipinski definition) is 1. The second kappa shape index (κ2) is 8.17. The van der Waals surface area contributed by atoms with Crippen LogP contribution in [0.2, 0.25) is 0 Å². The Morgan fingerprint density at radius 2 is 1.69 bits per heavy atom. The second-order valence-electron chi connectivity index (χ2n) is 5.97. The molecule has 132 valence electrons. The third kappa shape index (κ3) is 4.39. The number of nitriles is 1. The summed E-state index contributed by atoms with van der Waals surface area (Å²) in [6, 6.07) is 17.4. The molecule has 1 aliphatic rings. The third-order valence-electron chi connectivity index (χ3n) is 4.21. The van der Waals surface area contributed by atoms with Crippen LogP contribution in [-0.4, -0.2) is 37.0 Å². The molecule has 26 heavy (non-hydrogen) atoms. The number of carbonyl (C=O) groups excluding carboxylic acids is 1. The highest BCUT2D eigenvalue weighted by Gasteiger charge is 2.17. The number of carbonyl (C=O) groups is 1. The molecule has 2 aromatic rings. The third-order valence-corrected chi connectivity index (χ3v) is 4.21. The maximum absolute atomic E-state index is 13.0. The first kappa shape index (κ1) is 17.5. The van der Waals surface area contributed by atoms with Gasteiger partial charge in [-0.3, -0.25) is 4.79 Å². The molecule has 1 heterocycles. The predicted octanol–water partition coefficient (Wildman–Crippen LogP) is 2.99. The van der Waals surface area contributed by atoms with Crippen molar-refractivity contribution in [2.45, 2.75) is 0 Å². The van der Waals surface area contributed by atoms with E-state index in [4.69, 9.17) is 0 Å². The van der Waals surface area contributed by atoms with Gasteiger partial charge in [0.1, 0.15) is 17.5 Å². The van der Waals surface area contributed by atoms with Crippen LogP contribution < -0.4 is 10.2 Å². The van der Waals surface area contributed by atoms with Crippen molar-refractivity contribution in [3.8, 4) is 6.07 Å². The van der Waals surface area contributed by atoms with E-state index in [0.717, 1.165) is 18.8 Å². The minimum atomic E-state index is -0.417. The Kier molecular flexibility index (Phi) is 5.49. The number of benzene rings is 2. The largest absolute Gasteiger partial charge is 0.373 e. The fourth-order valence-electron chi connectivity index (χ4n) is 2.80. The summed E-state index contributed by atoms with van der Waals surface area (Å²) in [6.07, 6.45) is 1.61. The lowest BCUT2D eigenvalue weighted by molar-refractivity contribution is -0.112. The standard InChI is InChI=1S/C20H19FN4O/c21-17-6-8-19(9-7-17)25-12-10-24(11-13-25)15-16(14-22)20(26)23-18-4-2-1-3-5-18/h1-9,15H,10-13H2,(H,23,26)/b16-15-. The SMILES string of the molecule is N#C/C(=C/N1CCN(c2ccc(F)cc2)CC1)C(=O)Nc1ccccc1. The molecule has 2 aromatic carbocycles. The topological polar surface area (TPSA) is 59.4 Å². The van der Waals surface area contributed by atoms with E-state index in [1.165, 1.54) is 12.1 Å². The molecule has 6 heteroatoms. The average molecular weight is 350 g/mol. The van der Waals surface area contributed by atoms with Crippen molar-refractivity contribution in [2.24, 2.45) is 0 Å². The van der Waals surface area contributed by atoms with Crippen molar-refractivity contribution >= 4 is 17.3 Å². The lowest BCUT2D eigenvalue weighted by Crippen LogP contribution is -2.44. The molecule has 0 radical (unpaired) electrons. The quantitative estimate of drug-likeness (QED) is 0.680. The summed E-state index contributed by atoms with van der Waals surface area (Å²) in [5, 5.41) is 12.0. The van der Waals surface area contributed by atoms with Crippen LogP contribution in [0.4, 0.5) is 15.8 Å². The monoisotopic (exact) mass is 350 g/mol. The number of hydrogen-bond acceptors (Lipinski definition) is 4. The summed E-state index contributed by atoms with van der Waals surface area (Å²) in [7, 11) is 0. The van der Waals surface area contributed by atoms with Crippen molar-refractivity contribution in [1.29, 1.82) is 5.26 Å². The van der Waals surface area contributed by atoms with Gasteiger partial charge in [-0.05, 0) is 36.4 Å². The van der Waals surface area contributed by atoms with Gasteiger partial charge < -0.3 is 15.1 Å². The van der Waals surface area contributed by atoms with E-state index in [-0.39, 0.29) is 11.4 Å². The summed E-state index contributed by atoms with van der Waals surface area (Å²) in [6.45, 7) is 2.84. The van der Waals surface area contributed by atoms with E-state index in [1.807, 2.05) is 29.2 Å². The number of halogens is 1. The number of para-hydroxylation sites is 1. The fourth-order valence-corrected chi connectivity index (χ4v) is 2.80. The van der Waals surface area contributed by atoms with E-state index in [1.54, 1.807) is 30.5 Å². The van der Waals surface area contributed by atoms with Gasteiger partial charge in [0.15, 0.2) is 0 Å². The molecule has 1 saturated heterocycles. The van der Waals surface area contributed by atoms with Gasteiger partial charge in [0, 0.05) is 43.8 Å². The first-order chi connectivity index (χ1) is 12.7. The molecule has 5 nitrogen and oxygen atoms in total. The highest BCUT2D eigenvalue weighted by molar-refractivity contribution is 6.06. The molecule has 0 aromatic heterocycles. The Balaban J connectivity index is 1.59. The molecule has 1 N–H and O–H groups in total. The summed E-state index contributed by atoms with van der Waals surface area (Å²) in [5.41, 5.74) is 1.70. The zero-order chi connectivity index (χ0) is 18.4. The molecule has 0 atom stereocenters. The zero-order valence-corrected chi connectivity index (χ0v) is 14.2. The fraction of sp³-hybridized carbons (Fsp3) is 0.200. The van der Waals surface area contributed by atoms with Gasteiger partial charge in [0.25, 0.3) is 5.91 Å². The Hall–Kier alpha value is -3.33. The average Bonchev–Trinajstić information content (AvgIpc) is 2.68. The van der Waals surface area contributed by atoms with Gasteiger partial charge in [0.05, 0.1) is 0 Å². The van der Waals surface area contributed by atoms with E-state index in [0.29, 0.717) is 18.8 Å². The number of piperazine rings is 1. The van der Waals surface area contributed by atoms with Crippen LogP contribution in [-0.2, 0) is 4.79 Å². The van der Waals surface area contributed by atoms with Crippen molar-refractivity contribution < 1.29 is 9.18 Å². The molecule has 1 aliphatic heterocycles. The molecule has 1 fully saturated rings. The second-order valence-corrected chi connectivity index (χ2v) is 5.97. The highest BCUT2D eigenvalue weighted by atomic mass is 19.1. The molecule has 0 unspecified atom stereocenters. The molecule has 0 spiro atoms. The highest BCUT2D eigenvalue weighted by Crippen LogP contribution is 2.17. The summed E-state index contributed by atoms with van der Waals surface area (Å²) < 4.78 is 13.0. The van der Waals surface area contributed by atoms with E-state index < -0.39 is 5.91 Å². The Labute approximate surface area is 152 Å². The van der Waals surface area contributed by atoms with Gasteiger partial charge in [0.2, 0.25) is 0 Å². The number of amides is 1. The maximum Gasteiger partial charge on any atom is 0.267 e. The van der Waals surface area contributed by atoms with Crippen LogP contribution in [0.3, 0.4) is 0 Å². The van der Waals surface area contributed by atoms with E-state index in [9.17, 15) is 14.4 Å². The zero-order valence-electron chi connectivity index (χ0n) is 14.2. The summed E-state index contributed by atoms with van der Waals surface area (Å²) in [5.74, 6) is -0.668. The first-order valence-corrected chi connectivity index (χ1v) is 8.38. The van der Waals surface area contributed by atoms with Gasteiger partial charge in [-0.1, -0.05) is 18.2 Å². The molecule has 1 amide bonds. The molecular weight excluding hydrogens is 331 g/mol. The number of rotatable bonds is 4. The van der Waals surface area contributed by atoms with Gasteiger partial charge in [-0.2, -0.15) is 5.26 Å². The number of nitrogens with zero attached hydrogens (tertiary/aromatic N) is 3. The minimum Gasteiger partial charge on any atom is -0.373 e. The van der Waals surface area contributed by atoms with E-state index in [2.05, 4.69) is 10.2 Å². The van der Waals surface area contributed by atoms with Crippen LogP contribution in [0.15, 0.2) is 66.4 Å². The van der Waals surface area contributed by atoms with Crippen molar-refractivity contribution in [1.82, 2.24) is 4.90 Å². The molecule has 0 bridgehead atoms. The van der Waals surface area contributed by atoms with Crippen LogP contribution in [0, 0.1) is 17.1 Å². The first-order valence-electron chi connectivity index (χ1n) is 8.38. The predicted molar refractivity (Wildman–Crippen MR) is 99.0 cm³/mol. The maximum atomic E-state index is 13.0. The number of anilines is 2. The van der Waals surface area contributed by atoms with Gasteiger partial charge in [-0.25, -0.2) is 4.39 Å². The lowest BCUT2D eigenvalue weighted by atomic mass is 10.2. The minimum absolute atomic E-state index is 0.0732. The van der Waals surface area contributed by atoms with E-state index >= 15 is 0 Å². The van der Waals surface area contributed by atoms with Crippen LogP contribution in [0.1, 0.15) is 0 Å². The summed E-state index contributed by atoms with van der Waals surface area (Å²) >= 11 is 0. The van der Waals surface area contributed by atoms with Crippen molar-refractivity contribution in [3.05, 3.63) is 72.2 Å². The Bertz CT molecular complexity index is 819. The molecular formula is C20H19FN4O. The van der Waals surface area contributed by atoms with Crippen molar-refractivity contribution in [3.63, 3.8) is 0 Å². The number of nitrogens with one attached hydrogen (secondary N) is 1. The Morgan fingerprint density at radius 1 is 1.04 bits per heavy atom. The smallest absolute Gasteiger partial charge is 0.267 e. The molecule has 3 rings (SSSR count). The van der Waals surface area contributed by atoms with Gasteiger partial charge in [-0.15, -0.1) is 0 Å². The van der Waals surface area contributed by atoms with Crippen molar-refractivity contribution in [2.75, 3.05) is 36.4 Å². The summed E-state index contributed by atoms with van der Waals surface area (Å²) in [4.78, 5) is 16.4. The lowest BCUT2D eigenvalue weighted by Gasteiger charge is -2.35. The Morgan fingerprint density at radius 3 is 2.31 bits per heavy atom. The molecule has 0 aliphatic carbocycles.